The highest BCUT2D eigenvalue weighted by Crippen LogP contribution is 2.26. The minimum atomic E-state index is -1.11. The number of benzene rings is 3. The highest BCUT2D eigenvalue weighted by Gasteiger charge is 2.27. The van der Waals surface area contributed by atoms with E-state index in [1.807, 2.05) is 41.9 Å². The number of nitrogens with zero attached hydrogens (tertiary/aromatic N) is 1. The summed E-state index contributed by atoms with van der Waals surface area (Å²) in [5.74, 6) is -0.402. The molecule has 0 saturated carbocycles. The Morgan fingerprint density at radius 2 is 1.68 bits per heavy atom. The molecule has 156 valence electrons. The first-order valence-corrected chi connectivity index (χ1v) is 9.81. The van der Waals surface area contributed by atoms with Gasteiger partial charge >= 0.3 is 5.97 Å². The molecule has 0 spiro atoms. The van der Waals surface area contributed by atoms with E-state index in [4.69, 9.17) is 9.47 Å². The third-order valence-corrected chi connectivity index (χ3v) is 5.02. The van der Waals surface area contributed by atoms with Gasteiger partial charge in [-0.15, -0.1) is 0 Å². The van der Waals surface area contributed by atoms with Gasteiger partial charge in [0.15, 0.2) is 0 Å². The molecule has 1 atom stereocenters. The number of nitrogens with one attached hydrogen (secondary N) is 1. The Morgan fingerprint density at radius 3 is 2.45 bits per heavy atom. The summed E-state index contributed by atoms with van der Waals surface area (Å²) in [6.07, 6.45) is 0.605. The van der Waals surface area contributed by atoms with Crippen molar-refractivity contribution in [1.29, 1.82) is 0 Å². The minimum absolute atomic E-state index is 0.410. The van der Waals surface area contributed by atoms with Crippen LogP contribution in [0.3, 0.4) is 0 Å². The summed E-state index contributed by atoms with van der Waals surface area (Å²) in [6.45, 7) is 0. The Hall–Kier alpha value is -4.06. The fourth-order valence-electron chi connectivity index (χ4n) is 3.48. The number of para-hydroxylation sites is 1. The van der Waals surface area contributed by atoms with Crippen molar-refractivity contribution in [2.24, 2.45) is 7.05 Å². The second kappa shape index (κ2) is 8.75. The average molecular weight is 414 g/mol. The molecule has 6 heteroatoms. The molecular formula is C25H22N2O4. The molecule has 1 amide bonds. The predicted octanol–water partition coefficient (Wildman–Crippen LogP) is 4.72. The van der Waals surface area contributed by atoms with Crippen molar-refractivity contribution in [3.63, 3.8) is 0 Å². The van der Waals surface area contributed by atoms with Gasteiger partial charge < -0.3 is 19.4 Å². The van der Waals surface area contributed by atoms with E-state index in [2.05, 4.69) is 5.32 Å². The van der Waals surface area contributed by atoms with Crippen LogP contribution in [-0.4, -0.2) is 23.6 Å². The number of carbonyl (C=O) groups excluding carboxylic acids is 2. The fraction of sp³-hybridized carbons (Fsp3) is 0.120. The smallest absolute Gasteiger partial charge is 0.341 e. The molecule has 6 nitrogen and oxygen atoms in total. The van der Waals surface area contributed by atoms with E-state index < -0.39 is 18.0 Å². The zero-order chi connectivity index (χ0) is 21.8. The van der Waals surface area contributed by atoms with Crippen LogP contribution in [0.15, 0.2) is 85.1 Å². The number of hydrogen-bond donors (Lipinski definition) is 1. The molecule has 0 unspecified atom stereocenters. The number of methoxy groups -OCH3 is 1. The highest BCUT2D eigenvalue weighted by atomic mass is 16.5. The largest absolute Gasteiger partial charge is 0.497 e. The third-order valence-electron chi connectivity index (χ3n) is 5.02. The van der Waals surface area contributed by atoms with Crippen LogP contribution < -0.4 is 10.1 Å². The second-order valence-corrected chi connectivity index (χ2v) is 7.09. The Kier molecular flexibility index (Phi) is 5.71. The normalized spacial score (nSPS) is 11.7. The topological polar surface area (TPSA) is 69.6 Å². The van der Waals surface area contributed by atoms with Crippen LogP contribution in [0.4, 0.5) is 5.69 Å². The lowest BCUT2D eigenvalue weighted by Crippen LogP contribution is -2.26. The maximum Gasteiger partial charge on any atom is 0.341 e. The van der Waals surface area contributed by atoms with Gasteiger partial charge in [0.05, 0.1) is 12.7 Å². The summed E-state index contributed by atoms with van der Waals surface area (Å²) in [7, 11) is 3.42. The van der Waals surface area contributed by atoms with Crippen molar-refractivity contribution in [3.8, 4) is 5.75 Å². The van der Waals surface area contributed by atoms with Crippen molar-refractivity contribution in [3.05, 3.63) is 96.2 Å². The molecule has 3 aromatic carbocycles. The van der Waals surface area contributed by atoms with Gasteiger partial charge in [-0.1, -0.05) is 54.6 Å². The number of aryl methyl sites for hydroxylation is 1. The lowest BCUT2D eigenvalue weighted by Gasteiger charge is -2.18. The van der Waals surface area contributed by atoms with Crippen molar-refractivity contribution < 1.29 is 19.1 Å². The molecule has 0 aliphatic carbocycles. The number of esters is 1. The average Bonchev–Trinajstić information content (AvgIpc) is 3.15. The Bertz CT molecular complexity index is 1230. The lowest BCUT2D eigenvalue weighted by atomic mass is 10.1. The number of fused-ring (bicyclic) bond motifs is 1. The van der Waals surface area contributed by atoms with Crippen LogP contribution >= 0.6 is 0 Å². The molecule has 0 bridgehead atoms. The summed E-state index contributed by atoms with van der Waals surface area (Å²) in [6, 6.07) is 23.5. The van der Waals surface area contributed by atoms with Crippen LogP contribution in [-0.2, 0) is 16.6 Å². The van der Waals surface area contributed by atoms with Crippen molar-refractivity contribution in [2.75, 3.05) is 12.4 Å². The van der Waals surface area contributed by atoms with Crippen molar-refractivity contribution >= 4 is 28.5 Å². The van der Waals surface area contributed by atoms with Crippen LogP contribution in [0.25, 0.3) is 10.9 Å². The molecule has 1 aromatic heterocycles. The first-order valence-electron chi connectivity index (χ1n) is 9.81. The summed E-state index contributed by atoms with van der Waals surface area (Å²) in [4.78, 5) is 26.2. The van der Waals surface area contributed by atoms with Gasteiger partial charge in [-0.2, -0.15) is 0 Å². The molecule has 0 aliphatic rings. The monoisotopic (exact) mass is 414 g/mol. The summed E-state index contributed by atoms with van der Waals surface area (Å²) < 4.78 is 12.8. The maximum atomic E-state index is 13.1. The Labute approximate surface area is 180 Å². The molecule has 0 aliphatic heterocycles. The van der Waals surface area contributed by atoms with Gasteiger partial charge in [-0.3, -0.25) is 4.79 Å². The number of rotatable bonds is 6. The summed E-state index contributed by atoms with van der Waals surface area (Å²) in [5, 5.41) is 3.59. The molecule has 4 aromatic rings. The second-order valence-electron chi connectivity index (χ2n) is 7.09. The number of aromatic nitrogens is 1. The number of carbonyl (C=O) groups is 2. The van der Waals surface area contributed by atoms with Gasteiger partial charge in [0.2, 0.25) is 6.10 Å². The molecule has 0 saturated heterocycles. The lowest BCUT2D eigenvalue weighted by molar-refractivity contribution is -0.125. The number of amides is 1. The van der Waals surface area contributed by atoms with Crippen LogP contribution in [0, 0.1) is 0 Å². The van der Waals surface area contributed by atoms with Gasteiger partial charge in [-0.25, -0.2) is 4.79 Å². The Morgan fingerprint density at radius 1 is 0.935 bits per heavy atom. The number of ether oxygens (including phenoxy) is 2. The summed E-state index contributed by atoms with van der Waals surface area (Å²) in [5.41, 5.74) is 2.45. The van der Waals surface area contributed by atoms with Crippen LogP contribution in [0.1, 0.15) is 22.0 Å². The van der Waals surface area contributed by atoms with E-state index in [-0.39, 0.29) is 0 Å². The van der Waals surface area contributed by atoms with E-state index in [1.165, 1.54) is 0 Å². The zero-order valence-electron chi connectivity index (χ0n) is 17.2. The molecule has 4 rings (SSSR count). The molecule has 31 heavy (non-hydrogen) atoms. The van der Waals surface area contributed by atoms with E-state index >= 15 is 0 Å². The van der Waals surface area contributed by atoms with Crippen LogP contribution in [0.2, 0.25) is 0 Å². The van der Waals surface area contributed by atoms with Gasteiger partial charge in [0.1, 0.15) is 5.75 Å². The van der Waals surface area contributed by atoms with Gasteiger partial charge in [-0.05, 0) is 18.2 Å². The van der Waals surface area contributed by atoms with Crippen molar-refractivity contribution in [2.45, 2.75) is 6.10 Å². The molecule has 0 fully saturated rings. The minimum Gasteiger partial charge on any atom is -0.497 e. The number of anilines is 1. The molecule has 0 radical (unpaired) electrons. The molecule has 1 N–H and O–H groups in total. The first kappa shape index (κ1) is 20.2. The molecular weight excluding hydrogens is 392 g/mol. The Balaban J connectivity index is 1.63. The van der Waals surface area contributed by atoms with Gasteiger partial charge in [0, 0.05) is 41.5 Å². The quantitative estimate of drug-likeness (QED) is 0.464. The first-order chi connectivity index (χ1) is 15.1. The van der Waals surface area contributed by atoms with E-state index in [9.17, 15) is 9.59 Å². The summed E-state index contributed by atoms with van der Waals surface area (Å²) >= 11 is 0. The predicted molar refractivity (Wildman–Crippen MR) is 119 cm³/mol. The van der Waals surface area contributed by atoms with Gasteiger partial charge in [0.25, 0.3) is 5.91 Å². The zero-order valence-corrected chi connectivity index (χ0v) is 17.2. The highest BCUT2D eigenvalue weighted by molar-refractivity contribution is 6.06. The maximum absolute atomic E-state index is 13.1. The fourth-order valence-corrected chi connectivity index (χ4v) is 3.48. The van der Waals surface area contributed by atoms with Crippen LogP contribution in [0.5, 0.6) is 5.75 Å². The van der Waals surface area contributed by atoms with E-state index in [0.29, 0.717) is 22.6 Å². The molecule has 1 heterocycles. The third kappa shape index (κ3) is 4.28. The van der Waals surface area contributed by atoms with Crippen molar-refractivity contribution in [1.82, 2.24) is 4.57 Å². The van der Waals surface area contributed by atoms with E-state index in [0.717, 1.165) is 10.9 Å². The number of hydrogen-bond acceptors (Lipinski definition) is 4. The van der Waals surface area contributed by atoms with E-state index in [1.54, 1.807) is 61.8 Å². The standard InChI is InChI=1S/C25H22N2O4/c1-27-16-21(20-13-6-7-14-22(20)27)25(29)31-23(17-9-4-3-5-10-17)24(28)26-18-11-8-12-19(15-18)30-2/h3-16,23H,1-2H3,(H,26,28)/t23-/m0/s1. The SMILES string of the molecule is COc1cccc(NC(=O)[C@@H](OC(=O)c2cn(C)c3ccccc23)c2ccccc2)c1.